The lowest BCUT2D eigenvalue weighted by atomic mass is 10.2. The molecule has 1 aliphatic rings. The molecule has 0 N–H and O–H groups in total. The van der Waals surface area contributed by atoms with Gasteiger partial charge in [-0.25, -0.2) is 16.8 Å². The molecule has 22 heavy (non-hydrogen) atoms. The van der Waals surface area contributed by atoms with E-state index in [0.717, 1.165) is 4.31 Å². The first-order valence-electron chi connectivity index (χ1n) is 6.45. The first kappa shape index (κ1) is 17.7. The van der Waals surface area contributed by atoms with Crippen LogP contribution in [0.1, 0.15) is 6.42 Å². The summed E-state index contributed by atoms with van der Waals surface area (Å²) in [4.78, 5) is -0.0203. The van der Waals surface area contributed by atoms with Crippen LogP contribution in [0, 0.1) is 0 Å². The Kier molecular flexibility index (Phi) is 5.23. The van der Waals surface area contributed by atoms with Gasteiger partial charge in [-0.2, -0.15) is 4.31 Å². The largest absolute Gasteiger partial charge is 0.243 e. The number of benzene rings is 1. The molecule has 0 unspecified atom stereocenters. The van der Waals surface area contributed by atoms with Crippen molar-refractivity contribution in [1.29, 1.82) is 0 Å². The van der Waals surface area contributed by atoms with E-state index in [4.69, 9.17) is 23.2 Å². The van der Waals surface area contributed by atoms with Gasteiger partial charge in [0.25, 0.3) is 0 Å². The van der Waals surface area contributed by atoms with Crippen molar-refractivity contribution in [3.05, 3.63) is 40.9 Å². The molecule has 0 aromatic heterocycles. The van der Waals surface area contributed by atoms with Crippen LogP contribution in [0.15, 0.2) is 35.7 Å². The van der Waals surface area contributed by atoms with Gasteiger partial charge in [0.15, 0.2) is 9.84 Å². The van der Waals surface area contributed by atoms with Gasteiger partial charge in [-0.05, 0) is 24.6 Å². The molecule has 0 saturated carbocycles. The van der Waals surface area contributed by atoms with Crippen LogP contribution in [0.4, 0.5) is 0 Å². The quantitative estimate of drug-likeness (QED) is 0.731. The third-order valence-electron chi connectivity index (χ3n) is 3.42. The van der Waals surface area contributed by atoms with Crippen LogP contribution in [0.25, 0.3) is 0 Å². The molecular formula is C13H15Cl2NO4S2. The van der Waals surface area contributed by atoms with Gasteiger partial charge in [0.05, 0.1) is 26.4 Å². The van der Waals surface area contributed by atoms with E-state index in [1.165, 1.54) is 24.3 Å². The number of sulfone groups is 1. The third-order valence-corrected chi connectivity index (χ3v) is 7.83. The van der Waals surface area contributed by atoms with E-state index in [9.17, 15) is 16.8 Å². The highest BCUT2D eigenvalue weighted by Gasteiger charge is 2.38. The van der Waals surface area contributed by atoms with Crippen molar-refractivity contribution in [1.82, 2.24) is 4.31 Å². The van der Waals surface area contributed by atoms with Gasteiger partial charge in [-0.3, -0.25) is 0 Å². The van der Waals surface area contributed by atoms with Crippen LogP contribution >= 0.6 is 23.2 Å². The lowest BCUT2D eigenvalue weighted by Gasteiger charge is -2.26. The fourth-order valence-corrected chi connectivity index (χ4v) is 6.19. The molecule has 1 aromatic rings. The van der Waals surface area contributed by atoms with Crippen LogP contribution < -0.4 is 0 Å². The molecule has 0 radical (unpaired) electrons. The lowest BCUT2D eigenvalue weighted by molar-refractivity contribution is 0.367. The number of rotatable bonds is 5. The van der Waals surface area contributed by atoms with Crippen molar-refractivity contribution in [2.45, 2.75) is 17.4 Å². The van der Waals surface area contributed by atoms with Crippen molar-refractivity contribution in [2.24, 2.45) is 0 Å². The second-order valence-electron chi connectivity index (χ2n) is 5.00. The number of hydrogen-bond acceptors (Lipinski definition) is 4. The molecule has 0 bridgehead atoms. The zero-order valence-electron chi connectivity index (χ0n) is 11.6. The summed E-state index contributed by atoms with van der Waals surface area (Å²) in [6.45, 7) is 3.57. The van der Waals surface area contributed by atoms with Crippen molar-refractivity contribution >= 4 is 43.1 Å². The molecule has 2 rings (SSSR count). The minimum Gasteiger partial charge on any atom is -0.229 e. The van der Waals surface area contributed by atoms with Crippen molar-refractivity contribution in [3.8, 4) is 0 Å². The monoisotopic (exact) mass is 383 g/mol. The predicted molar refractivity (Wildman–Crippen MR) is 87.6 cm³/mol. The van der Waals surface area contributed by atoms with Gasteiger partial charge < -0.3 is 0 Å². The minimum atomic E-state index is -3.88. The fraction of sp³-hybridized carbons (Fsp3) is 0.385. The van der Waals surface area contributed by atoms with Crippen LogP contribution in [-0.2, 0) is 19.9 Å². The summed E-state index contributed by atoms with van der Waals surface area (Å²) in [5.74, 6) is -0.191. The summed E-state index contributed by atoms with van der Waals surface area (Å²) in [5, 5.41) is 0.375. The normalized spacial score (nSPS) is 21.1. The zero-order valence-corrected chi connectivity index (χ0v) is 14.7. The van der Waals surface area contributed by atoms with E-state index < -0.39 is 25.9 Å². The van der Waals surface area contributed by atoms with E-state index in [2.05, 4.69) is 6.58 Å². The van der Waals surface area contributed by atoms with Crippen molar-refractivity contribution in [3.63, 3.8) is 0 Å². The van der Waals surface area contributed by atoms with Crippen LogP contribution in [0.2, 0.25) is 10.0 Å². The topological polar surface area (TPSA) is 71.5 Å². The van der Waals surface area contributed by atoms with Gasteiger partial charge >= 0.3 is 0 Å². The van der Waals surface area contributed by atoms with Gasteiger partial charge in [-0.1, -0.05) is 29.3 Å². The molecular weight excluding hydrogens is 369 g/mol. The Morgan fingerprint density at radius 2 is 2.00 bits per heavy atom. The summed E-state index contributed by atoms with van der Waals surface area (Å²) in [5.41, 5.74) is 0. The Bertz CT molecular complexity index is 790. The average molecular weight is 384 g/mol. The molecule has 0 amide bonds. The summed E-state index contributed by atoms with van der Waals surface area (Å²) >= 11 is 11.7. The second-order valence-corrected chi connectivity index (χ2v) is 9.93. The van der Waals surface area contributed by atoms with E-state index in [1.807, 2.05) is 0 Å². The molecule has 122 valence electrons. The van der Waals surface area contributed by atoms with Gasteiger partial charge in [0.1, 0.15) is 0 Å². The standard InChI is InChI=1S/C13H15Cl2NO4S2/c1-2-6-16(10-5-7-21(17,18)9-10)22(19,20)11-3-4-12(14)13(15)8-11/h2-4,8,10H,1,5-7,9H2/t10-/m0/s1. The highest BCUT2D eigenvalue weighted by molar-refractivity contribution is 7.92. The Morgan fingerprint density at radius 1 is 1.32 bits per heavy atom. The molecule has 1 atom stereocenters. The molecule has 1 aliphatic heterocycles. The maximum atomic E-state index is 12.8. The Labute approximate surface area is 140 Å². The number of halogens is 2. The number of nitrogens with zero attached hydrogens (tertiary/aromatic N) is 1. The molecule has 1 heterocycles. The maximum Gasteiger partial charge on any atom is 0.243 e. The highest BCUT2D eigenvalue weighted by Crippen LogP contribution is 2.29. The fourth-order valence-electron chi connectivity index (χ4n) is 2.35. The first-order chi connectivity index (χ1) is 10.2. The molecule has 9 heteroatoms. The van der Waals surface area contributed by atoms with Gasteiger partial charge in [0, 0.05) is 12.6 Å². The molecule has 1 saturated heterocycles. The van der Waals surface area contributed by atoms with Gasteiger partial charge in [0.2, 0.25) is 10.0 Å². The predicted octanol–water partition coefficient (Wildman–Crippen LogP) is 2.36. The van der Waals surface area contributed by atoms with E-state index in [0.29, 0.717) is 0 Å². The van der Waals surface area contributed by atoms with E-state index in [1.54, 1.807) is 0 Å². The van der Waals surface area contributed by atoms with E-state index >= 15 is 0 Å². The Balaban J connectivity index is 2.42. The summed E-state index contributed by atoms with van der Waals surface area (Å²) < 4.78 is 49.9. The van der Waals surface area contributed by atoms with Crippen molar-refractivity contribution < 1.29 is 16.8 Å². The lowest BCUT2D eigenvalue weighted by Crippen LogP contribution is -2.41. The summed E-state index contributed by atoms with van der Waals surface area (Å²) in [6, 6.07) is 3.42. The van der Waals surface area contributed by atoms with Gasteiger partial charge in [-0.15, -0.1) is 6.58 Å². The molecule has 1 aromatic carbocycles. The zero-order chi connectivity index (χ0) is 16.5. The summed E-state index contributed by atoms with van der Waals surface area (Å²) in [7, 11) is -7.09. The molecule has 0 aliphatic carbocycles. The first-order valence-corrected chi connectivity index (χ1v) is 10.5. The van der Waals surface area contributed by atoms with Crippen LogP contribution in [-0.4, -0.2) is 45.2 Å². The van der Waals surface area contributed by atoms with E-state index in [-0.39, 0.29) is 39.4 Å². The maximum absolute atomic E-state index is 12.8. The molecule has 0 spiro atoms. The minimum absolute atomic E-state index is 0.0117. The Morgan fingerprint density at radius 3 is 2.50 bits per heavy atom. The average Bonchev–Trinajstić information content (AvgIpc) is 2.78. The number of hydrogen-bond donors (Lipinski definition) is 0. The second kappa shape index (κ2) is 6.49. The Hall–Kier alpha value is -0.600. The van der Waals surface area contributed by atoms with Crippen molar-refractivity contribution in [2.75, 3.05) is 18.1 Å². The number of sulfonamides is 1. The third kappa shape index (κ3) is 3.65. The van der Waals surface area contributed by atoms with Crippen LogP contribution in [0.5, 0.6) is 0 Å². The molecule has 1 fully saturated rings. The smallest absolute Gasteiger partial charge is 0.229 e. The SMILES string of the molecule is C=CCN([C@H]1CCS(=O)(=O)C1)S(=O)(=O)c1ccc(Cl)c(Cl)c1. The molecule has 5 nitrogen and oxygen atoms in total. The summed E-state index contributed by atoms with van der Waals surface area (Å²) in [6.07, 6.45) is 1.71. The highest BCUT2D eigenvalue weighted by atomic mass is 35.5. The van der Waals surface area contributed by atoms with Crippen LogP contribution in [0.3, 0.4) is 0 Å².